The average Bonchev–Trinajstić information content (AvgIpc) is 2.36. The predicted octanol–water partition coefficient (Wildman–Crippen LogP) is 5.89. The van der Waals surface area contributed by atoms with Gasteiger partial charge in [0, 0.05) is 0 Å². The first kappa shape index (κ1) is 14.6. The topological polar surface area (TPSA) is 0 Å². The van der Waals surface area contributed by atoms with E-state index in [9.17, 15) is 0 Å². The van der Waals surface area contributed by atoms with Gasteiger partial charge in [-0.1, -0.05) is 70.2 Å². The van der Waals surface area contributed by atoms with Crippen LogP contribution in [-0.4, -0.2) is 0 Å². The molecule has 0 aromatic heterocycles. The lowest BCUT2D eigenvalue weighted by molar-refractivity contribution is 0.624. The molecule has 0 aliphatic carbocycles. The molecule has 0 aliphatic rings. The van der Waals surface area contributed by atoms with Crippen LogP contribution in [0.2, 0.25) is 0 Å². The van der Waals surface area contributed by atoms with Crippen molar-refractivity contribution in [3.63, 3.8) is 0 Å². The predicted molar refractivity (Wildman–Crippen MR) is 77.8 cm³/mol. The first-order valence-electron chi connectivity index (χ1n) is 7.00. The zero-order valence-corrected chi connectivity index (χ0v) is 12.0. The second-order valence-corrected chi connectivity index (χ2v) is 5.34. The van der Waals surface area contributed by atoms with Gasteiger partial charge in [0.05, 0.1) is 5.38 Å². The number of unbranched alkanes of at least 4 members (excludes halogenated alkanes) is 3. The number of aryl methyl sites for hydroxylation is 1. The molecule has 0 spiro atoms. The molecule has 0 heterocycles. The maximum Gasteiger partial charge on any atom is 0.0585 e. The molecule has 0 fully saturated rings. The van der Waals surface area contributed by atoms with E-state index in [4.69, 9.17) is 11.6 Å². The molecule has 1 aromatic rings. The second kappa shape index (κ2) is 8.58. The molecule has 1 unspecified atom stereocenters. The van der Waals surface area contributed by atoms with E-state index in [1.165, 1.54) is 49.7 Å². The van der Waals surface area contributed by atoms with Crippen molar-refractivity contribution in [3.8, 4) is 0 Å². The first-order chi connectivity index (χ1) is 8.27. The number of hydrogen-bond donors (Lipinski definition) is 0. The van der Waals surface area contributed by atoms with Crippen LogP contribution in [0.4, 0.5) is 0 Å². The van der Waals surface area contributed by atoms with Crippen molar-refractivity contribution in [1.29, 1.82) is 0 Å². The lowest BCUT2D eigenvalue weighted by Gasteiger charge is -2.10. The summed E-state index contributed by atoms with van der Waals surface area (Å²) in [5.74, 6) is 0. The summed E-state index contributed by atoms with van der Waals surface area (Å²) in [5, 5.41) is 0.197. The van der Waals surface area contributed by atoms with E-state index in [1.54, 1.807) is 0 Å². The molecule has 1 rings (SSSR count). The highest BCUT2D eigenvalue weighted by Crippen LogP contribution is 2.27. The van der Waals surface area contributed by atoms with Gasteiger partial charge in [0.1, 0.15) is 0 Å². The van der Waals surface area contributed by atoms with Crippen LogP contribution < -0.4 is 0 Å². The van der Waals surface area contributed by atoms with Crippen LogP contribution >= 0.6 is 11.6 Å². The number of benzene rings is 1. The van der Waals surface area contributed by atoms with Gasteiger partial charge in [-0.05, 0) is 24.0 Å². The molecule has 0 amide bonds. The molecule has 0 saturated heterocycles. The molecule has 0 radical (unpaired) electrons. The number of alkyl halides is 1. The van der Waals surface area contributed by atoms with Gasteiger partial charge in [0.25, 0.3) is 0 Å². The largest absolute Gasteiger partial charge is 0.118 e. The lowest BCUT2D eigenvalue weighted by Crippen LogP contribution is -1.92. The van der Waals surface area contributed by atoms with Crippen molar-refractivity contribution in [2.24, 2.45) is 0 Å². The minimum atomic E-state index is 0.197. The van der Waals surface area contributed by atoms with Crippen LogP contribution in [0.5, 0.6) is 0 Å². The number of rotatable bonds is 8. The SMILES string of the molecule is CCCCCCC(Cl)c1ccc(CCC)cc1. The molecule has 0 aliphatic heterocycles. The summed E-state index contributed by atoms with van der Waals surface area (Å²) in [6.45, 7) is 4.45. The van der Waals surface area contributed by atoms with E-state index >= 15 is 0 Å². The third kappa shape index (κ3) is 5.59. The fourth-order valence-electron chi connectivity index (χ4n) is 2.10. The van der Waals surface area contributed by atoms with Crippen molar-refractivity contribution in [2.45, 2.75) is 64.2 Å². The summed E-state index contributed by atoms with van der Waals surface area (Å²) in [4.78, 5) is 0. The van der Waals surface area contributed by atoms with Crippen LogP contribution in [0.1, 0.15) is 68.9 Å². The highest BCUT2D eigenvalue weighted by atomic mass is 35.5. The van der Waals surface area contributed by atoms with E-state index in [-0.39, 0.29) is 5.38 Å². The molecular formula is C16H25Cl. The fraction of sp³-hybridized carbons (Fsp3) is 0.625. The minimum Gasteiger partial charge on any atom is -0.118 e. The Morgan fingerprint density at radius 2 is 1.65 bits per heavy atom. The average molecular weight is 253 g/mol. The highest BCUT2D eigenvalue weighted by molar-refractivity contribution is 6.20. The highest BCUT2D eigenvalue weighted by Gasteiger charge is 2.07. The van der Waals surface area contributed by atoms with Gasteiger partial charge in [0.15, 0.2) is 0 Å². The van der Waals surface area contributed by atoms with Crippen molar-refractivity contribution in [1.82, 2.24) is 0 Å². The number of halogens is 1. The Balaban J connectivity index is 2.37. The van der Waals surface area contributed by atoms with Gasteiger partial charge in [0.2, 0.25) is 0 Å². The van der Waals surface area contributed by atoms with Crippen LogP contribution in [0, 0.1) is 0 Å². The number of hydrogen-bond acceptors (Lipinski definition) is 0. The molecular weight excluding hydrogens is 228 g/mol. The van der Waals surface area contributed by atoms with E-state index in [2.05, 4.69) is 38.1 Å². The Kier molecular flexibility index (Phi) is 7.35. The Labute approximate surface area is 111 Å². The molecule has 0 bridgehead atoms. The third-order valence-electron chi connectivity index (χ3n) is 3.19. The van der Waals surface area contributed by atoms with Crippen LogP contribution in [-0.2, 0) is 6.42 Å². The molecule has 0 saturated carbocycles. The van der Waals surface area contributed by atoms with Crippen LogP contribution in [0.15, 0.2) is 24.3 Å². The molecule has 96 valence electrons. The van der Waals surface area contributed by atoms with Gasteiger partial charge in [-0.15, -0.1) is 11.6 Å². The van der Waals surface area contributed by atoms with Crippen LogP contribution in [0.3, 0.4) is 0 Å². The Morgan fingerprint density at radius 1 is 0.941 bits per heavy atom. The van der Waals surface area contributed by atoms with Gasteiger partial charge in [-0.2, -0.15) is 0 Å². The smallest absolute Gasteiger partial charge is 0.0585 e. The molecule has 1 aromatic carbocycles. The maximum absolute atomic E-state index is 6.41. The third-order valence-corrected chi connectivity index (χ3v) is 3.66. The summed E-state index contributed by atoms with van der Waals surface area (Å²) in [5.41, 5.74) is 2.70. The zero-order chi connectivity index (χ0) is 12.5. The Hall–Kier alpha value is -0.490. The van der Waals surface area contributed by atoms with Gasteiger partial charge in [-0.3, -0.25) is 0 Å². The molecule has 0 N–H and O–H groups in total. The molecule has 17 heavy (non-hydrogen) atoms. The summed E-state index contributed by atoms with van der Waals surface area (Å²) in [6.07, 6.45) is 8.67. The van der Waals surface area contributed by atoms with Crippen molar-refractivity contribution in [2.75, 3.05) is 0 Å². The van der Waals surface area contributed by atoms with Crippen molar-refractivity contribution in [3.05, 3.63) is 35.4 Å². The first-order valence-corrected chi connectivity index (χ1v) is 7.44. The lowest BCUT2D eigenvalue weighted by atomic mass is 10.0. The Morgan fingerprint density at radius 3 is 2.24 bits per heavy atom. The maximum atomic E-state index is 6.41. The molecule has 1 atom stereocenters. The van der Waals surface area contributed by atoms with E-state index in [0.29, 0.717) is 0 Å². The summed E-state index contributed by atoms with van der Waals surface area (Å²) >= 11 is 6.41. The summed E-state index contributed by atoms with van der Waals surface area (Å²) in [6, 6.07) is 8.84. The summed E-state index contributed by atoms with van der Waals surface area (Å²) < 4.78 is 0. The van der Waals surface area contributed by atoms with E-state index < -0.39 is 0 Å². The zero-order valence-electron chi connectivity index (χ0n) is 11.2. The normalized spacial score (nSPS) is 12.6. The van der Waals surface area contributed by atoms with Crippen molar-refractivity contribution >= 4 is 11.6 Å². The Bertz CT molecular complexity index is 289. The van der Waals surface area contributed by atoms with E-state index in [1.807, 2.05) is 0 Å². The molecule has 0 nitrogen and oxygen atoms in total. The quantitative estimate of drug-likeness (QED) is 0.400. The standard InChI is InChI=1S/C16H25Cl/c1-3-5-6-7-9-16(17)15-12-10-14(8-4-2)11-13-15/h10-13,16H,3-9H2,1-2H3. The van der Waals surface area contributed by atoms with Gasteiger partial charge < -0.3 is 0 Å². The van der Waals surface area contributed by atoms with Gasteiger partial charge >= 0.3 is 0 Å². The monoisotopic (exact) mass is 252 g/mol. The van der Waals surface area contributed by atoms with Crippen LogP contribution in [0.25, 0.3) is 0 Å². The fourth-order valence-corrected chi connectivity index (χ4v) is 2.40. The minimum absolute atomic E-state index is 0.197. The molecule has 1 heteroatoms. The van der Waals surface area contributed by atoms with Crippen molar-refractivity contribution < 1.29 is 0 Å². The summed E-state index contributed by atoms with van der Waals surface area (Å²) in [7, 11) is 0. The van der Waals surface area contributed by atoms with Gasteiger partial charge in [-0.25, -0.2) is 0 Å². The van der Waals surface area contributed by atoms with E-state index in [0.717, 1.165) is 6.42 Å². The second-order valence-electron chi connectivity index (χ2n) is 4.81.